The molecular formula is C9H17N. The molecule has 1 heterocycles. The van der Waals surface area contributed by atoms with Crippen LogP contribution in [0, 0.1) is 5.92 Å². The largest absolute Gasteiger partial charge is 0.311 e. The van der Waals surface area contributed by atoms with Crippen molar-refractivity contribution in [3.63, 3.8) is 0 Å². The van der Waals surface area contributed by atoms with Crippen LogP contribution in [0.5, 0.6) is 0 Å². The molecular weight excluding hydrogens is 122 g/mol. The number of hydrogen-bond acceptors (Lipinski definition) is 1. The molecule has 1 aliphatic heterocycles. The molecule has 0 radical (unpaired) electrons. The molecule has 0 aromatic rings. The van der Waals surface area contributed by atoms with E-state index in [1.54, 1.807) is 0 Å². The van der Waals surface area contributed by atoms with Crippen molar-refractivity contribution in [3.05, 3.63) is 0 Å². The lowest BCUT2D eigenvalue weighted by molar-refractivity contribution is 0.218. The van der Waals surface area contributed by atoms with Gasteiger partial charge in [0, 0.05) is 5.54 Å². The molecule has 0 spiro atoms. The van der Waals surface area contributed by atoms with Gasteiger partial charge in [0.1, 0.15) is 0 Å². The van der Waals surface area contributed by atoms with Crippen molar-refractivity contribution in [2.24, 2.45) is 5.92 Å². The molecule has 1 N–H and O–H groups in total. The summed E-state index contributed by atoms with van der Waals surface area (Å²) in [5.41, 5.74) is 0.540. The maximum Gasteiger partial charge on any atom is 0.0181 e. The fourth-order valence-electron chi connectivity index (χ4n) is 2.63. The molecule has 2 fully saturated rings. The van der Waals surface area contributed by atoms with Crippen molar-refractivity contribution in [2.45, 2.75) is 44.6 Å². The second kappa shape index (κ2) is 2.23. The highest BCUT2D eigenvalue weighted by molar-refractivity contribution is 4.97. The lowest BCUT2D eigenvalue weighted by atomic mass is 9.75. The topological polar surface area (TPSA) is 12.0 Å². The second-order valence-corrected chi connectivity index (χ2v) is 4.08. The van der Waals surface area contributed by atoms with Crippen LogP contribution >= 0.6 is 0 Å². The van der Waals surface area contributed by atoms with Crippen molar-refractivity contribution in [1.82, 2.24) is 5.32 Å². The number of nitrogens with one attached hydrogen (secondary N) is 1. The number of hydrogen-bond donors (Lipinski definition) is 1. The van der Waals surface area contributed by atoms with Gasteiger partial charge in [0.05, 0.1) is 0 Å². The van der Waals surface area contributed by atoms with Gasteiger partial charge >= 0.3 is 0 Å². The van der Waals surface area contributed by atoms with E-state index in [-0.39, 0.29) is 0 Å². The van der Waals surface area contributed by atoms with E-state index >= 15 is 0 Å². The van der Waals surface area contributed by atoms with Gasteiger partial charge in [-0.05, 0) is 38.6 Å². The van der Waals surface area contributed by atoms with Crippen LogP contribution < -0.4 is 5.32 Å². The van der Waals surface area contributed by atoms with E-state index in [0.29, 0.717) is 5.54 Å². The van der Waals surface area contributed by atoms with Crippen LogP contribution in [0.25, 0.3) is 0 Å². The van der Waals surface area contributed by atoms with Crippen molar-refractivity contribution in [3.8, 4) is 0 Å². The first kappa shape index (κ1) is 6.66. The summed E-state index contributed by atoms with van der Waals surface area (Å²) >= 11 is 0. The predicted octanol–water partition coefficient (Wildman–Crippen LogP) is 1.93. The first-order chi connectivity index (χ1) is 4.81. The summed E-state index contributed by atoms with van der Waals surface area (Å²) in [5.74, 6) is 1.00. The molecule has 1 saturated heterocycles. The van der Waals surface area contributed by atoms with Crippen LogP contribution in [-0.2, 0) is 0 Å². The Balaban J connectivity index is 2.10. The van der Waals surface area contributed by atoms with Crippen LogP contribution in [0.1, 0.15) is 39.0 Å². The van der Waals surface area contributed by atoms with E-state index < -0.39 is 0 Å². The first-order valence-electron chi connectivity index (χ1n) is 4.56. The van der Waals surface area contributed by atoms with E-state index in [1.165, 1.54) is 38.6 Å². The third-order valence-corrected chi connectivity index (χ3v) is 3.42. The average molecular weight is 139 g/mol. The molecule has 2 rings (SSSR count). The van der Waals surface area contributed by atoms with Crippen molar-refractivity contribution in [1.29, 1.82) is 0 Å². The molecule has 58 valence electrons. The summed E-state index contributed by atoms with van der Waals surface area (Å²) in [6.07, 6.45) is 7.24. The fourth-order valence-corrected chi connectivity index (χ4v) is 2.63. The average Bonchev–Trinajstić information content (AvgIpc) is 2.29. The Labute approximate surface area is 63.2 Å². The van der Waals surface area contributed by atoms with Gasteiger partial charge in [-0.1, -0.05) is 12.8 Å². The zero-order valence-electron chi connectivity index (χ0n) is 6.82. The van der Waals surface area contributed by atoms with Gasteiger partial charge in [0.2, 0.25) is 0 Å². The Morgan fingerprint density at radius 1 is 1.30 bits per heavy atom. The predicted molar refractivity (Wildman–Crippen MR) is 43.0 cm³/mol. The minimum absolute atomic E-state index is 0.540. The Hall–Kier alpha value is -0.0400. The summed E-state index contributed by atoms with van der Waals surface area (Å²) in [6.45, 7) is 3.67. The number of rotatable bonds is 0. The summed E-state index contributed by atoms with van der Waals surface area (Å²) in [7, 11) is 0. The molecule has 0 aromatic carbocycles. The van der Waals surface area contributed by atoms with Gasteiger partial charge < -0.3 is 5.32 Å². The van der Waals surface area contributed by atoms with Gasteiger partial charge in [-0.25, -0.2) is 0 Å². The molecule has 0 aromatic heterocycles. The minimum Gasteiger partial charge on any atom is -0.311 e. The maximum atomic E-state index is 3.63. The summed E-state index contributed by atoms with van der Waals surface area (Å²) in [4.78, 5) is 0. The first-order valence-corrected chi connectivity index (χ1v) is 4.56. The zero-order valence-corrected chi connectivity index (χ0v) is 6.82. The third-order valence-electron chi connectivity index (χ3n) is 3.42. The Morgan fingerprint density at radius 2 is 2.20 bits per heavy atom. The van der Waals surface area contributed by atoms with Crippen LogP contribution in [0.3, 0.4) is 0 Å². The van der Waals surface area contributed by atoms with E-state index in [2.05, 4.69) is 12.2 Å². The maximum absolute atomic E-state index is 3.63. The van der Waals surface area contributed by atoms with Gasteiger partial charge in [-0.2, -0.15) is 0 Å². The molecule has 0 bridgehead atoms. The molecule has 1 aliphatic carbocycles. The Kier molecular flexibility index (Phi) is 1.48. The van der Waals surface area contributed by atoms with Gasteiger partial charge in [0.15, 0.2) is 0 Å². The molecule has 0 amide bonds. The third kappa shape index (κ3) is 0.878. The highest BCUT2D eigenvalue weighted by Gasteiger charge is 2.39. The van der Waals surface area contributed by atoms with Crippen molar-refractivity contribution in [2.75, 3.05) is 6.54 Å². The van der Waals surface area contributed by atoms with Crippen molar-refractivity contribution >= 4 is 0 Å². The van der Waals surface area contributed by atoms with Crippen LogP contribution in [0.15, 0.2) is 0 Å². The second-order valence-electron chi connectivity index (χ2n) is 4.08. The van der Waals surface area contributed by atoms with Crippen LogP contribution in [0.4, 0.5) is 0 Å². The van der Waals surface area contributed by atoms with E-state index in [4.69, 9.17) is 0 Å². The van der Waals surface area contributed by atoms with Gasteiger partial charge in [-0.15, -0.1) is 0 Å². The monoisotopic (exact) mass is 139 g/mol. The molecule has 2 atom stereocenters. The van der Waals surface area contributed by atoms with Crippen LogP contribution in [0.2, 0.25) is 0 Å². The quantitative estimate of drug-likeness (QED) is 0.540. The van der Waals surface area contributed by atoms with E-state index in [9.17, 15) is 0 Å². The highest BCUT2D eigenvalue weighted by Crippen LogP contribution is 2.38. The molecule has 1 saturated carbocycles. The lowest BCUT2D eigenvalue weighted by Crippen LogP contribution is -2.43. The zero-order chi connectivity index (χ0) is 7.03. The van der Waals surface area contributed by atoms with Crippen LogP contribution in [-0.4, -0.2) is 12.1 Å². The SMILES string of the molecule is C[C@]12CCCC[C@H]1CCN2. The summed E-state index contributed by atoms with van der Waals surface area (Å²) < 4.78 is 0. The molecule has 0 unspecified atom stereocenters. The molecule has 1 heteroatoms. The fraction of sp³-hybridized carbons (Fsp3) is 1.00. The van der Waals surface area contributed by atoms with E-state index in [0.717, 1.165) is 5.92 Å². The number of fused-ring (bicyclic) bond motifs is 1. The van der Waals surface area contributed by atoms with E-state index in [1.807, 2.05) is 0 Å². The molecule has 10 heavy (non-hydrogen) atoms. The summed E-state index contributed by atoms with van der Waals surface area (Å²) in [5, 5.41) is 3.63. The standard InChI is InChI=1S/C9H17N/c1-9-6-3-2-4-8(9)5-7-10-9/h8,10H,2-7H2,1H3/t8-,9-/m0/s1. The van der Waals surface area contributed by atoms with Gasteiger partial charge in [-0.3, -0.25) is 0 Å². The summed E-state index contributed by atoms with van der Waals surface area (Å²) in [6, 6.07) is 0. The highest BCUT2D eigenvalue weighted by atomic mass is 15.0. The minimum atomic E-state index is 0.540. The normalized spacial score (nSPS) is 47.1. The lowest BCUT2D eigenvalue weighted by Gasteiger charge is -2.36. The molecule has 1 nitrogen and oxygen atoms in total. The molecule has 2 aliphatic rings. The van der Waals surface area contributed by atoms with Crippen molar-refractivity contribution < 1.29 is 0 Å². The smallest absolute Gasteiger partial charge is 0.0181 e. The Morgan fingerprint density at radius 3 is 3.00 bits per heavy atom. The Bertz CT molecular complexity index is 133. The van der Waals surface area contributed by atoms with Gasteiger partial charge in [0.25, 0.3) is 0 Å².